The summed E-state index contributed by atoms with van der Waals surface area (Å²) in [4.78, 5) is 1.90. The Morgan fingerprint density at radius 2 is 1.67 bits per heavy atom. The van der Waals surface area contributed by atoms with Gasteiger partial charge in [-0.2, -0.15) is 0 Å². The summed E-state index contributed by atoms with van der Waals surface area (Å²) < 4.78 is 33.6. The number of benzene rings is 2. The van der Waals surface area contributed by atoms with E-state index < -0.39 is 11.6 Å². The van der Waals surface area contributed by atoms with Crippen LogP contribution >= 0.6 is 0 Å². The third kappa shape index (κ3) is 2.63. The van der Waals surface area contributed by atoms with Crippen molar-refractivity contribution in [2.24, 2.45) is 0 Å². The van der Waals surface area contributed by atoms with Crippen molar-refractivity contribution in [2.75, 3.05) is 23.7 Å². The van der Waals surface area contributed by atoms with Gasteiger partial charge in [-0.15, -0.1) is 0 Å². The average molecular weight is 290 g/mol. The van der Waals surface area contributed by atoms with E-state index >= 15 is 0 Å². The van der Waals surface area contributed by atoms with Gasteiger partial charge in [0.1, 0.15) is 5.69 Å². The van der Waals surface area contributed by atoms with Crippen LogP contribution in [0.5, 0.6) is 11.5 Å². The van der Waals surface area contributed by atoms with E-state index in [1.54, 1.807) is 18.2 Å². The van der Waals surface area contributed by atoms with Crippen LogP contribution in [-0.2, 0) is 0 Å². The smallest absolute Gasteiger partial charge is 0.191 e. The Labute approximate surface area is 121 Å². The molecule has 0 saturated carbocycles. The van der Waals surface area contributed by atoms with Gasteiger partial charge >= 0.3 is 0 Å². The fourth-order valence-electron chi connectivity index (χ4n) is 2.55. The Balaban J connectivity index is 1.96. The van der Waals surface area contributed by atoms with Crippen LogP contribution in [0.4, 0.5) is 20.2 Å². The number of halogens is 2. The molecular weight excluding hydrogens is 274 g/mol. The number of anilines is 2. The van der Waals surface area contributed by atoms with E-state index in [1.165, 1.54) is 18.2 Å². The first-order valence-electron chi connectivity index (χ1n) is 6.92. The highest BCUT2D eigenvalue weighted by Gasteiger charge is 2.22. The van der Waals surface area contributed by atoms with Gasteiger partial charge < -0.3 is 15.4 Å². The second kappa shape index (κ2) is 5.60. The highest BCUT2D eigenvalue weighted by molar-refractivity contribution is 5.71. The minimum Gasteiger partial charge on any atom is -0.451 e. The molecule has 1 saturated heterocycles. The summed E-state index contributed by atoms with van der Waals surface area (Å²) in [5.41, 5.74) is 6.60. The standard InChI is InChI=1S/C16H16F2N2O/c17-11-5-1-2-6-13(11)21-14-8-7-12(19)16(15(14)18)20-9-3-4-10-20/h1-2,5-8H,3-4,9-10,19H2. The Morgan fingerprint density at radius 3 is 2.38 bits per heavy atom. The summed E-state index contributed by atoms with van der Waals surface area (Å²) in [6.07, 6.45) is 2.02. The number of ether oxygens (including phenoxy) is 1. The third-order valence-electron chi connectivity index (χ3n) is 3.59. The fraction of sp³-hybridized carbons (Fsp3) is 0.250. The lowest BCUT2D eigenvalue weighted by Crippen LogP contribution is -2.20. The summed E-state index contributed by atoms with van der Waals surface area (Å²) in [5, 5.41) is 0. The fourth-order valence-corrected chi connectivity index (χ4v) is 2.55. The monoisotopic (exact) mass is 290 g/mol. The molecule has 1 heterocycles. The first-order valence-corrected chi connectivity index (χ1v) is 6.92. The molecule has 1 aliphatic heterocycles. The second-order valence-corrected chi connectivity index (χ2v) is 5.04. The molecule has 0 amide bonds. The van der Waals surface area contributed by atoms with Crippen LogP contribution in [0.25, 0.3) is 0 Å². The SMILES string of the molecule is Nc1ccc(Oc2ccccc2F)c(F)c1N1CCCC1. The molecule has 0 aliphatic carbocycles. The lowest BCUT2D eigenvalue weighted by atomic mass is 10.2. The molecule has 3 nitrogen and oxygen atoms in total. The van der Waals surface area contributed by atoms with E-state index in [-0.39, 0.29) is 11.5 Å². The predicted octanol–water partition coefficient (Wildman–Crippen LogP) is 3.94. The molecule has 2 aromatic carbocycles. The van der Waals surface area contributed by atoms with E-state index in [1.807, 2.05) is 4.90 Å². The Hall–Kier alpha value is -2.30. The molecule has 2 aromatic rings. The van der Waals surface area contributed by atoms with Crippen LogP contribution in [-0.4, -0.2) is 13.1 Å². The maximum absolute atomic E-state index is 14.6. The zero-order chi connectivity index (χ0) is 14.8. The van der Waals surface area contributed by atoms with E-state index in [4.69, 9.17) is 10.5 Å². The summed E-state index contributed by atoms with van der Waals surface area (Å²) >= 11 is 0. The van der Waals surface area contributed by atoms with Crippen LogP contribution < -0.4 is 15.4 Å². The molecule has 0 bridgehead atoms. The van der Waals surface area contributed by atoms with Crippen LogP contribution in [0.1, 0.15) is 12.8 Å². The van der Waals surface area contributed by atoms with E-state index in [9.17, 15) is 8.78 Å². The minimum absolute atomic E-state index is 0.00598. The van der Waals surface area contributed by atoms with E-state index in [2.05, 4.69) is 0 Å². The van der Waals surface area contributed by atoms with Crippen LogP contribution in [0.2, 0.25) is 0 Å². The molecule has 3 rings (SSSR count). The Morgan fingerprint density at radius 1 is 0.952 bits per heavy atom. The summed E-state index contributed by atoms with van der Waals surface area (Å²) in [5.74, 6) is -1.10. The molecule has 5 heteroatoms. The van der Waals surface area contributed by atoms with Crippen molar-refractivity contribution < 1.29 is 13.5 Å². The highest BCUT2D eigenvalue weighted by atomic mass is 19.1. The number of nitrogens with two attached hydrogens (primary N) is 1. The third-order valence-corrected chi connectivity index (χ3v) is 3.59. The molecule has 21 heavy (non-hydrogen) atoms. The van der Waals surface area contributed by atoms with Gasteiger partial charge in [0.25, 0.3) is 0 Å². The molecule has 110 valence electrons. The lowest BCUT2D eigenvalue weighted by molar-refractivity contribution is 0.415. The normalized spacial score (nSPS) is 14.5. The number of para-hydroxylation sites is 1. The molecule has 1 aliphatic rings. The molecule has 0 aromatic heterocycles. The second-order valence-electron chi connectivity index (χ2n) is 5.04. The topological polar surface area (TPSA) is 38.5 Å². The van der Waals surface area contributed by atoms with Gasteiger partial charge in [0, 0.05) is 13.1 Å². The number of nitrogens with zero attached hydrogens (tertiary/aromatic N) is 1. The van der Waals surface area contributed by atoms with Gasteiger partial charge in [0.15, 0.2) is 23.1 Å². The van der Waals surface area contributed by atoms with Crippen molar-refractivity contribution in [3.8, 4) is 11.5 Å². The quantitative estimate of drug-likeness (QED) is 0.870. The minimum atomic E-state index is -0.542. The molecule has 0 unspecified atom stereocenters. The molecule has 1 fully saturated rings. The van der Waals surface area contributed by atoms with Crippen LogP contribution in [0.3, 0.4) is 0 Å². The van der Waals surface area contributed by atoms with Gasteiger partial charge in [-0.25, -0.2) is 8.78 Å². The van der Waals surface area contributed by atoms with E-state index in [0.29, 0.717) is 11.4 Å². The van der Waals surface area contributed by atoms with Gasteiger partial charge in [-0.1, -0.05) is 12.1 Å². The molecule has 0 spiro atoms. The average Bonchev–Trinajstić information content (AvgIpc) is 2.98. The van der Waals surface area contributed by atoms with Crippen molar-refractivity contribution in [2.45, 2.75) is 12.8 Å². The van der Waals surface area contributed by atoms with Crippen molar-refractivity contribution in [3.05, 3.63) is 48.0 Å². The number of hydrogen-bond acceptors (Lipinski definition) is 3. The first-order chi connectivity index (χ1) is 10.2. The molecule has 2 N–H and O–H groups in total. The van der Waals surface area contributed by atoms with Crippen LogP contribution in [0.15, 0.2) is 36.4 Å². The Bertz CT molecular complexity index is 655. The number of rotatable bonds is 3. The van der Waals surface area contributed by atoms with Crippen molar-refractivity contribution in [1.29, 1.82) is 0 Å². The van der Waals surface area contributed by atoms with Gasteiger partial charge in [0.2, 0.25) is 0 Å². The largest absolute Gasteiger partial charge is 0.451 e. The van der Waals surface area contributed by atoms with Gasteiger partial charge in [0.05, 0.1) is 5.69 Å². The van der Waals surface area contributed by atoms with E-state index in [0.717, 1.165) is 25.9 Å². The van der Waals surface area contributed by atoms with Crippen molar-refractivity contribution in [1.82, 2.24) is 0 Å². The first kappa shape index (κ1) is 13.7. The Kier molecular flexibility index (Phi) is 3.64. The summed E-state index contributed by atoms with van der Waals surface area (Å²) in [6.45, 7) is 1.54. The van der Waals surface area contributed by atoms with Crippen molar-refractivity contribution >= 4 is 11.4 Å². The molecular formula is C16H16F2N2O. The maximum Gasteiger partial charge on any atom is 0.191 e. The number of hydrogen-bond donors (Lipinski definition) is 1. The van der Waals surface area contributed by atoms with Crippen LogP contribution in [0, 0.1) is 11.6 Å². The summed E-state index contributed by atoms with van der Waals surface area (Å²) in [7, 11) is 0. The molecule has 0 radical (unpaired) electrons. The summed E-state index contributed by atoms with van der Waals surface area (Å²) in [6, 6.07) is 8.93. The van der Waals surface area contributed by atoms with Gasteiger partial charge in [-0.05, 0) is 37.1 Å². The maximum atomic E-state index is 14.6. The molecule has 0 atom stereocenters. The predicted molar refractivity (Wildman–Crippen MR) is 78.7 cm³/mol. The number of nitrogen functional groups attached to an aromatic ring is 1. The zero-order valence-electron chi connectivity index (χ0n) is 11.5. The highest BCUT2D eigenvalue weighted by Crippen LogP contribution is 2.37. The lowest BCUT2D eigenvalue weighted by Gasteiger charge is -2.21. The van der Waals surface area contributed by atoms with Gasteiger partial charge in [-0.3, -0.25) is 0 Å². The zero-order valence-corrected chi connectivity index (χ0v) is 11.5. The van der Waals surface area contributed by atoms with Crippen molar-refractivity contribution in [3.63, 3.8) is 0 Å².